The fourth-order valence-electron chi connectivity index (χ4n) is 7.68. The van der Waals surface area contributed by atoms with Crippen molar-refractivity contribution in [1.29, 1.82) is 0 Å². The number of nitrogens with zero attached hydrogens (tertiary/aromatic N) is 1. The van der Waals surface area contributed by atoms with Crippen LogP contribution in [0.2, 0.25) is 0 Å². The van der Waals surface area contributed by atoms with Gasteiger partial charge in [-0.15, -0.1) is 0 Å². The molecule has 0 bridgehead atoms. The van der Waals surface area contributed by atoms with Crippen LogP contribution in [-0.4, -0.2) is 133 Å². The van der Waals surface area contributed by atoms with E-state index >= 15 is 0 Å². The molecule has 4 N–H and O–H groups in total. The number of hydrogen-bond donors (Lipinski definition) is 4. The first-order chi connectivity index (χ1) is 23.3. The average molecular weight is 719 g/mol. The zero-order valence-corrected chi connectivity index (χ0v) is 33.7. The van der Waals surface area contributed by atoms with E-state index in [1.165, 1.54) is 6.92 Å². The number of carbonyl (C=O) groups excluding carboxylic acids is 1. The van der Waals surface area contributed by atoms with Crippen molar-refractivity contribution in [3.63, 3.8) is 0 Å². The molecule has 2 rings (SSSR count). The first-order valence-electron chi connectivity index (χ1n) is 19.1. The van der Waals surface area contributed by atoms with Gasteiger partial charge in [-0.05, 0) is 87.7 Å². The number of ether oxygens (including phenoxy) is 6. The number of hydrogen-bond acceptors (Lipinski definition) is 12. The van der Waals surface area contributed by atoms with Crippen molar-refractivity contribution in [3.05, 3.63) is 0 Å². The summed E-state index contributed by atoms with van der Waals surface area (Å²) in [5.41, 5.74) is -2.64. The summed E-state index contributed by atoms with van der Waals surface area (Å²) in [4.78, 5) is 16.1. The predicted molar refractivity (Wildman–Crippen MR) is 194 cm³/mol. The minimum atomic E-state index is -1.72. The van der Waals surface area contributed by atoms with E-state index in [-0.39, 0.29) is 36.6 Å². The van der Waals surface area contributed by atoms with Crippen LogP contribution in [0.3, 0.4) is 0 Å². The lowest BCUT2D eigenvalue weighted by atomic mass is 9.85. The summed E-state index contributed by atoms with van der Waals surface area (Å²) in [7, 11) is 5.43. The van der Waals surface area contributed by atoms with E-state index in [1.54, 1.807) is 21.0 Å². The fourth-order valence-corrected chi connectivity index (χ4v) is 7.68. The van der Waals surface area contributed by atoms with Gasteiger partial charge in [0.05, 0.1) is 35.9 Å². The maximum absolute atomic E-state index is 14.0. The van der Waals surface area contributed by atoms with Gasteiger partial charge in [-0.1, -0.05) is 34.1 Å². The van der Waals surface area contributed by atoms with Gasteiger partial charge in [0.1, 0.15) is 23.9 Å². The third-order valence-corrected chi connectivity index (χ3v) is 11.6. The number of aliphatic hydroxyl groups excluding tert-OH is 2. The van der Waals surface area contributed by atoms with Gasteiger partial charge in [-0.25, -0.2) is 0 Å². The molecule has 0 saturated carbocycles. The molecule has 50 heavy (non-hydrogen) atoms. The van der Waals surface area contributed by atoms with Crippen LogP contribution in [0.4, 0.5) is 0 Å². The molecule has 12 heteroatoms. The van der Waals surface area contributed by atoms with E-state index in [9.17, 15) is 20.1 Å². The molecule has 16 atom stereocenters. The largest absolute Gasteiger partial charge is 0.459 e. The van der Waals surface area contributed by atoms with Crippen LogP contribution >= 0.6 is 0 Å². The zero-order chi connectivity index (χ0) is 38.1. The van der Waals surface area contributed by atoms with E-state index in [0.29, 0.717) is 18.8 Å². The normalized spacial score (nSPS) is 33.8. The number of methoxy groups -OCH3 is 1. The third kappa shape index (κ3) is 11.8. The van der Waals surface area contributed by atoms with Gasteiger partial charge < -0.3 is 54.0 Å². The van der Waals surface area contributed by atoms with Crippen LogP contribution in [0.25, 0.3) is 0 Å². The second-order valence-corrected chi connectivity index (χ2v) is 15.9. The Bertz CT molecular complexity index is 1000. The molecule has 12 nitrogen and oxygen atoms in total. The van der Waals surface area contributed by atoms with Crippen LogP contribution in [0.15, 0.2) is 0 Å². The third-order valence-electron chi connectivity index (χ3n) is 11.6. The molecule has 2 heterocycles. The lowest BCUT2D eigenvalue weighted by Gasteiger charge is -2.46. The monoisotopic (exact) mass is 719 g/mol. The minimum absolute atomic E-state index is 0.0290. The lowest BCUT2D eigenvalue weighted by Crippen LogP contribution is -2.59. The van der Waals surface area contributed by atoms with Gasteiger partial charge in [0.25, 0.3) is 0 Å². The second-order valence-electron chi connectivity index (χ2n) is 15.9. The van der Waals surface area contributed by atoms with Crippen LogP contribution in [0.1, 0.15) is 115 Å². The number of likely N-dealkylation sites (N-methyl/N-ethyl adjacent to an activating group) is 1. The summed E-state index contributed by atoms with van der Waals surface area (Å²) < 4.78 is 37.1. The van der Waals surface area contributed by atoms with Gasteiger partial charge in [0, 0.05) is 44.5 Å². The number of esters is 1. The van der Waals surface area contributed by atoms with Crippen molar-refractivity contribution < 1.29 is 48.5 Å². The van der Waals surface area contributed by atoms with E-state index in [1.807, 2.05) is 55.6 Å². The highest BCUT2D eigenvalue weighted by Gasteiger charge is 2.49. The van der Waals surface area contributed by atoms with Crippen LogP contribution in [-0.2, 0) is 33.2 Å². The quantitative estimate of drug-likeness (QED) is 0.133. The van der Waals surface area contributed by atoms with Gasteiger partial charge in [-0.2, -0.15) is 0 Å². The summed E-state index contributed by atoms with van der Waals surface area (Å²) >= 11 is 0. The Hall–Kier alpha value is -0.930. The highest BCUT2D eigenvalue weighted by Crippen LogP contribution is 2.36. The minimum Gasteiger partial charge on any atom is -0.459 e. The summed E-state index contributed by atoms with van der Waals surface area (Å²) in [5.74, 6) is -1.28. The van der Waals surface area contributed by atoms with Crippen LogP contribution in [0.5, 0.6) is 0 Å². The van der Waals surface area contributed by atoms with Crippen molar-refractivity contribution in [1.82, 2.24) is 10.2 Å². The molecule has 2 saturated heterocycles. The highest BCUT2D eigenvalue weighted by molar-refractivity contribution is 5.73. The Labute approximate surface area is 303 Å². The molecule has 0 amide bonds. The van der Waals surface area contributed by atoms with Crippen molar-refractivity contribution in [2.45, 2.75) is 193 Å². The molecule has 2 fully saturated rings. The molecule has 2 aliphatic heterocycles. The maximum Gasteiger partial charge on any atom is 0.311 e. The number of aliphatic hydroxyl groups is 3. The Balaban J connectivity index is 2.31. The summed E-state index contributed by atoms with van der Waals surface area (Å²) in [6.07, 6.45) is -1.66. The standard InChI is InChI=1S/C38H74N2O10/c1-15-17-22(3)21-40(13)26(7)34(41)38(11,44)30(16-2)49-36(43)25(6)33(50-32-20-37(10,45-14)35(42)28(9)48-32)24(5)27(8)47-31-19-29(39-12)18-23(4)46-31/h22-35,39,41-42,44H,15-21H2,1-14H3/t22-,23-,24-,25?,26-,27?,28+,29+,30-,31+,32+,33+,34-,35+,37-,38-/m1/s1. The fraction of sp³-hybridized carbons (Fsp3) is 0.974. The van der Waals surface area contributed by atoms with Crippen LogP contribution < -0.4 is 5.32 Å². The van der Waals surface area contributed by atoms with Gasteiger partial charge in [0.15, 0.2) is 12.6 Å². The zero-order valence-electron chi connectivity index (χ0n) is 33.7. The number of nitrogens with one attached hydrogen (secondary N) is 1. The Morgan fingerprint density at radius 2 is 1.72 bits per heavy atom. The Kier molecular flexibility index (Phi) is 18.0. The SMILES string of the molecule is CCC[C@@H](C)CN(C)[C@H](C)[C@@H](O)[C@](C)(O)[C@@H](CC)OC(=O)C(C)[C@@H](O[C@H]1C[C@@](C)(OC)[C@@H](O)[C@H](C)O1)[C@H](C)C(C)O[C@H]1C[C@@H](NC)C[C@@H](C)O1. The second kappa shape index (κ2) is 19.9. The average Bonchev–Trinajstić information content (AvgIpc) is 3.06. The van der Waals surface area contributed by atoms with E-state index in [2.05, 4.69) is 24.1 Å². The van der Waals surface area contributed by atoms with Crippen molar-refractivity contribution >= 4 is 5.97 Å². The Morgan fingerprint density at radius 3 is 2.28 bits per heavy atom. The van der Waals surface area contributed by atoms with Crippen molar-refractivity contribution in [2.75, 3.05) is 27.7 Å². The molecule has 0 spiro atoms. The molecular formula is C38H74N2O10. The predicted octanol–water partition coefficient (Wildman–Crippen LogP) is 4.25. The van der Waals surface area contributed by atoms with E-state index in [4.69, 9.17) is 28.4 Å². The molecule has 0 aromatic heterocycles. The van der Waals surface area contributed by atoms with Crippen LogP contribution in [0, 0.1) is 17.8 Å². The summed E-state index contributed by atoms with van der Waals surface area (Å²) in [5, 5.41) is 37.3. The molecule has 0 aliphatic carbocycles. The van der Waals surface area contributed by atoms with E-state index < -0.39 is 66.2 Å². The van der Waals surface area contributed by atoms with Crippen molar-refractivity contribution in [2.24, 2.45) is 17.8 Å². The first kappa shape index (κ1) is 45.2. The molecule has 2 unspecified atom stereocenters. The van der Waals surface area contributed by atoms with Crippen molar-refractivity contribution in [3.8, 4) is 0 Å². The molecular weight excluding hydrogens is 644 g/mol. The van der Waals surface area contributed by atoms with Gasteiger partial charge >= 0.3 is 5.97 Å². The molecule has 296 valence electrons. The molecule has 0 aromatic carbocycles. The molecule has 2 aliphatic rings. The number of carbonyl (C=O) groups is 1. The summed E-state index contributed by atoms with van der Waals surface area (Å²) in [6, 6.07) is -0.120. The maximum atomic E-state index is 14.0. The number of rotatable bonds is 20. The first-order valence-corrected chi connectivity index (χ1v) is 19.1. The van der Waals surface area contributed by atoms with Gasteiger partial charge in [-0.3, -0.25) is 4.79 Å². The Morgan fingerprint density at radius 1 is 1.08 bits per heavy atom. The van der Waals surface area contributed by atoms with E-state index in [0.717, 1.165) is 25.8 Å². The smallest absolute Gasteiger partial charge is 0.311 e. The summed E-state index contributed by atoms with van der Waals surface area (Å²) in [6.45, 7) is 21.6. The molecule has 0 radical (unpaired) electrons. The molecule has 0 aromatic rings. The lowest BCUT2D eigenvalue weighted by molar-refractivity contribution is -0.300. The van der Waals surface area contributed by atoms with Gasteiger partial charge in [0.2, 0.25) is 0 Å². The highest BCUT2D eigenvalue weighted by atomic mass is 16.7. The topological polar surface area (TPSA) is 148 Å².